The summed E-state index contributed by atoms with van der Waals surface area (Å²) in [5.74, 6) is -0.765. The molecule has 1 aromatic carbocycles. The predicted octanol–water partition coefficient (Wildman–Crippen LogP) is 2.54. The lowest BCUT2D eigenvalue weighted by Crippen LogP contribution is -2.42. The van der Waals surface area contributed by atoms with Crippen LogP contribution in [0.3, 0.4) is 0 Å². The van der Waals surface area contributed by atoms with E-state index in [-0.39, 0.29) is 0 Å². The van der Waals surface area contributed by atoms with Crippen molar-refractivity contribution in [3.63, 3.8) is 0 Å². The third-order valence-electron chi connectivity index (χ3n) is 3.18. The van der Waals surface area contributed by atoms with E-state index in [0.717, 1.165) is 16.5 Å². The number of hydrogen-bond acceptors (Lipinski definition) is 2. The molecular formula is C11H12BrNO2. The van der Waals surface area contributed by atoms with Gasteiger partial charge in [0.25, 0.3) is 0 Å². The van der Waals surface area contributed by atoms with Gasteiger partial charge in [-0.25, -0.2) is 0 Å². The van der Waals surface area contributed by atoms with E-state index in [2.05, 4.69) is 15.9 Å². The molecular weight excluding hydrogens is 258 g/mol. The molecule has 0 unspecified atom stereocenters. The zero-order valence-electron chi connectivity index (χ0n) is 8.16. The zero-order valence-corrected chi connectivity index (χ0v) is 9.75. The van der Waals surface area contributed by atoms with Crippen molar-refractivity contribution in [2.45, 2.75) is 24.7 Å². The fraction of sp³-hybridized carbons (Fsp3) is 0.364. The van der Waals surface area contributed by atoms with E-state index in [1.165, 1.54) is 0 Å². The molecule has 0 heterocycles. The summed E-state index contributed by atoms with van der Waals surface area (Å²) < 4.78 is 0.771. The lowest BCUT2D eigenvalue weighted by molar-refractivity contribution is -0.147. The Hall–Kier alpha value is -1.03. The van der Waals surface area contributed by atoms with Crippen molar-refractivity contribution in [2.75, 3.05) is 5.73 Å². The number of nitrogens with two attached hydrogens (primary N) is 1. The van der Waals surface area contributed by atoms with Crippen LogP contribution in [0.25, 0.3) is 0 Å². The second-order valence-electron chi connectivity index (χ2n) is 3.94. The van der Waals surface area contributed by atoms with Crippen LogP contribution in [-0.4, -0.2) is 11.1 Å². The molecule has 80 valence electrons. The Labute approximate surface area is 96.4 Å². The molecule has 1 aromatic rings. The smallest absolute Gasteiger partial charge is 0.314 e. The molecule has 3 nitrogen and oxygen atoms in total. The molecule has 0 aliphatic heterocycles. The Morgan fingerprint density at radius 2 is 2.13 bits per heavy atom. The normalized spacial score (nSPS) is 18.2. The Bertz CT molecular complexity index is 413. The number of carboxylic acid groups (broad SMARTS) is 1. The van der Waals surface area contributed by atoms with Gasteiger partial charge < -0.3 is 10.8 Å². The summed E-state index contributed by atoms with van der Waals surface area (Å²) in [6, 6.07) is 5.47. The Morgan fingerprint density at radius 1 is 1.47 bits per heavy atom. The molecule has 15 heavy (non-hydrogen) atoms. The number of carbonyl (C=O) groups is 1. The summed E-state index contributed by atoms with van der Waals surface area (Å²) in [7, 11) is 0. The van der Waals surface area contributed by atoms with Crippen LogP contribution in [0, 0.1) is 0 Å². The average Bonchev–Trinajstić information content (AvgIpc) is 2.09. The number of para-hydroxylation sites is 1. The molecule has 0 spiro atoms. The van der Waals surface area contributed by atoms with Gasteiger partial charge in [-0.3, -0.25) is 4.79 Å². The lowest BCUT2D eigenvalue weighted by atomic mass is 9.64. The van der Waals surface area contributed by atoms with Gasteiger partial charge in [-0.1, -0.05) is 18.6 Å². The van der Waals surface area contributed by atoms with Gasteiger partial charge in [0.1, 0.15) is 0 Å². The maximum absolute atomic E-state index is 11.3. The fourth-order valence-corrected chi connectivity index (χ4v) is 2.45. The molecule has 1 saturated carbocycles. The third kappa shape index (κ3) is 1.44. The SMILES string of the molecule is Nc1c(Br)cccc1C1(C(=O)O)CCC1. The van der Waals surface area contributed by atoms with Gasteiger partial charge in [-0.05, 0) is 40.4 Å². The monoisotopic (exact) mass is 269 g/mol. The van der Waals surface area contributed by atoms with Crippen LogP contribution in [0.1, 0.15) is 24.8 Å². The van der Waals surface area contributed by atoms with Crippen molar-refractivity contribution in [1.29, 1.82) is 0 Å². The highest BCUT2D eigenvalue weighted by Crippen LogP contribution is 2.47. The second-order valence-corrected chi connectivity index (χ2v) is 4.80. The third-order valence-corrected chi connectivity index (χ3v) is 3.88. The van der Waals surface area contributed by atoms with E-state index >= 15 is 0 Å². The Morgan fingerprint density at radius 3 is 2.60 bits per heavy atom. The maximum atomic E-state index is 11.3. The van der Waals surface area contributed by atoms with Gasteiger partial charge in [0.2, 0.25) is 0 Å². The molecule has 1 aliphatic carbocycles. The highest BCUT2D eigenvalue weighted by Gasteiger charge is 2.47. The van der Waals surface area contributed by atoms with E-state index in [1.807, 2.05) is 18.2 Å². The Balaban J connectivity index is 2.53. The first-order valence-electron chi connectivity index (χ1n) is 4.86. The summed E-state index contributed by atoms with van der Waals surface area (Å²) in [4.78, 5) is 11.3. The summed E-state index contributed by atoms with van der Waals surface area (Å²) in [5, 5.41) is 9.28. The number of nitrogen functional groups attached to an aromatic ring is 1. The molecule has 2 rings (SSSR count). The van der Waals surface area contributed by atoms with Gasteiger partial charge in [-0.15, -0.1) is 0 Å². The molecule has 0 atom stereocenters. The highest BCUT2D eigenvalue weighted by molar-refractivity contribution is 9.10. The van der Waals surface area contributed by atoms with E-state index < -0.39 is 11.4 Å². The largest absolute Gasteiger partial charge is 0.481 e. The minimum Gasteiger partial charge on any atom is -0.481 e. The van der Waals surface area contributed by atoms with Crippen LogP contribution < -0.4 is 5.73 Å². The predicted molar refractivity (Wildman–Crippen MR) is 61.7 cm³/mol. The topological polar surface area (TPSA) is 63.3 Å². The van der Waals surface area contributed by atoms with Gasteiger partial charge in [0.15, 0.2) is 0 Å². The van der Waals surface area contributed by atoms with Crippen molar-refractivity contribution in [3.8, 4) is 0 Å². The van der Waals surface area contributed by atoms with Crippen molar-refractivity contribution in [1.82, 2.24) is 0 Å². The van der Waals surface area contributed by atoms with Crippen LogP contribution in [0.5, 0.6) is 0 Å². The Kier molecular flexibility index (Phi) is 2.46. The first-order chi connectivity index (χ1) is 7.08. The number of benzene rings is 1. The zero-order chi connectivity index (χ0) is 11.1. The maximum Gasteiger partial charge on any atom is 0.314 e. The number of halogens is 1. The number of aliphatic carboxylic acids is 1. The number of hydrogen-bond donors (Lipinski definition) is 2. The summed E-state index contributed by atoms with van der Waals surface area (Å²) in [5.41, 5.74) is 6.46. The van der Waals surface area contributed by atoms with E-state index in [0.29, 0.717) is 18.5 Å². The molecule has 0 saturated heterocycles. The van der Waals surface area contributed by atoms with Gasteiger partial charge in [0, 0.05) is 4.47 Å². The molecule has 1 fully saturated rings. The average molecular weight is 270 g/mol. The standard InChI is InChI=1S/C11H12BrNO2/c12-8-4-1-3-7(9(8)13)11(10(14)15)5-2-6-11/h1,3-4H,2,5-6,13H2,(H,14,15). The molecule has 0 aromatic heterocycles. The lowest BCUT2D eigenvalue weighted by Gasteiger charge is -2.38. The second kappa shape index (κ2) is 3.52. The van der Waals surface area contributed by atoms with Crippen molar-refractivity contribution in [2.24, 2.45) is 0 Å². The number of anilines is 1. The van der Waals surface area contributed by atoms with Crippen molar-refractivity contribution < 1.29 is 9.90 Å². The first kappa shape index (κ1) is 10.5. The molecule has 0 amide bonds. The van der Waals surface area contributed by atoms with E-state index in [4.69, 9.17) is 5.73 Å². The quantitative estimate of drug-likeness (QED) is 0.812. The number of carboxylic acids is 1. The van der Waals surface area contributed by atoms with Crippen LogP contribution in [0.2, 0.25) is 0 Å². The molecule has 1 aliphatic rings. The van der Waals surface area contributed by atoms with Crippen molar-refractivity contribution >= 4 is 27.6 Å². The van der Waals surface area contributed by atoms with Gasteiger partial charge in [-0.2, -0.15) is 0 Å². The summed E-state index contributed by atoms with van der Waals surface area (Å²) in [6.45, 7) is 0. The van der Waals surface area contributed by atoms with Crippen LogP contribution in [0.4, 0.5) is 5.69 Å². The van der Waals surface area contributed by atoms with Gasteiger partial charge >= 0.3 is 5.97 Å². The highest BCUT2D eigenvalue weighted by atomic mass is 79.9. The van der Waals surface area contributed by atoms with Crippen molar-refractivity contribution in [3.05, 3.63) is 28.2 Å². The summed E-state index contributed by atoms with van der Waals surface area (Å²) >= 11 is 3.32. The van der Waals surface area contributed by atoms with Crippen LogP contribution >= 0.6 is 15.9 Å². The minimum atomic E-state index is -0.765. The minimum absolute atomic E-state index is 0.555. The fourth-order valence-electron chi connectivity index (χ4n) is 2.08. The molecule has 3 N–H and O–H groups in total. The van der Waals surface area contributed by atoms with E-state index in [1.54, 1.807) is 0 Å². The molecule has 0 radical (unpaired) electrons. The molecule has 4 heteroatoms. The van der Waals surface area contributed by atoms with Crippen LogP contribution in [-0.2, 0) is 10.2 Å². The molecule has 0 bridgehead atoms. The first-order valence-corrected chi connectivity index (χ1v) is 5.65. The van der Waals surface area contributed by atoms with E-state index in [9.17, 15) is 9.90 Å². The van der Waals surface area contributed by atoms with Crippen LogP contribution in [0.15, 0.2) is 22.7 Å². The van der Waals surface area contributed by atoms with Gasteiger partial charge in [0.05, 0.1) is 11.1 Å². The summed E-state index contributed by atoms with van der Waals surface area (Å²) in [6.07, 6.45) is 2.32. The number of rotatable bonds is 2.